The van der Waals surface area contributed by atoms with Crippen LogP contribution >= 0.6 is 23.2 Å². The van der Waals surface area contributed by atoms with Crippen LogP contribution in [0.25, 0.3) is 0 Å². The third kappa shape index (κ3) is 5.48. The second-order valence-electron chi connectivity index (χ2n) is 8.25. The zero-order chi connectivity index (χ0) is 17.3. The SMILES string of the molecule is CC(C)(C)CC(Cc1cc(Cl)c(N)c(Cl)c1)C(=O)C(C)(C)C. The van der Waals surface area contributed by atoms with Gasteiger partial charge >= 0.3 is 0 Å². The van der Waals surface area contributed by atoms with Gasteiger partial charge in [0.05, 0.1) is 15.7 Å². The Labute approximate surface area is 144 Å². The highest BCUT2D eigenvalue weighted by Gasteiger charge is 2.32. The van der Waals surface area contributed by atoms with Gasteiger partial charge in [-0.3, -0.25) is 4.79 Å². The zero-order valence-electron chi connectivity index (χ0n) is 14.4. The fourth-order valence-corrected chi connectivity index (χ4v) is 3.18. The summed E-state index contributed by atoms with van der Waals surface area (Å²) in [7, 11) is 0. The molecule has 2 N–H and O–H groups in total. The van der Waals surface area contributed by atoms with E-state index in [0.29, 0.717) is 22.2 Å². The maximum atomic E-state index is 12.8. The van der Waals surface area contributed by atoms with Crippen molar-refractivity contribution in [3.63, 3.8) is 0 Å². The molecule has 0 aliphatic rings. The molecule has 0 saturated carbocycles. The lowest BCUT2D eigenvalue weighted by Gasteiger charge is -2.30. The molecule has 0 fully saturated rings. The van der Waals surface area contributed by atoms with Crippen molar-refractivity contribution in [3.05, 3.63) is 27.7 Å². The van der Waals surface area contributed by atoms with Crippen molar-refractivity contribution >= 4 is 34.7 Å². The number of benzene rings is 1. The van der Waals surface area contributed by atoms with E-state index >= 15 is 0 Å². The topological polar surface area (TPSA) is 43.1 Å². The predicted molar refractivity (Wildman–Crippen MR) is 96.6 cm³/mol. The molecule has 124 valence electrons. The van der Waals surface area contributed by atoms with Crippen molar-refractivity contribution in [1.82, 2.24) is 0 Å². The first-order chi connectivity index (χ1) is 9.81. The third-order valence-corrected chi connectivity index (χ3v) is 4.22. The molecule has 0 spiro atoms. The van der Waals surface area contributed by atoms with Crippen LogP contribution in [0.4, 0.5) is 5.69 Å². The first-order valence-electron chi connectivity index (χ1n) is 7.59. The molecular formula is C18H27Cl2NO. The monoisotopic (exact) mass is 343 g/mol. The highest BCUT2D eigenvalue weighted by Crippen LogP contribution is 2.35. The van der Waals surface area contributed by atoms with E-state index in [1.807, 2.05) is 32.9 Å². The van der Waals surface area contributed by atoms with Gasteiger partial charge in [-0.2, -0.15) is 0 Å². The number of hydrogen-bond donors (Lipinski definition) is 1. The molecule has 1 unspecified atom stereocenters. The average Bonchev–Trinajstić information content (AvgIpc) is 2.31. The zero-order valence-corrected chi connectivity index (χ0v) is 15.9. The molecule has 2 nitrogen and oxygen atoms in total. The standard InChI is InChI=1S/C18H27Cl2NO/c1-17(2,3)10-12(16(22)18(4,5)6)7-11-8-13(19)15(21)14(20)9-11/h8-9,12H,7,10,21H2,1-6H3. The van der Waals surface area contributed by atoms with Gasteiger partial charge in [-0.1, -0.05) is 64.7 Å². The second kappa shape index (κ2) is 6.80. The fraction of sp³-hybridized carbons (Fsp3) is 0.611. The van der Waals surface area contributed by atoms with Crippen molar-refractivity contribution in [2.24, 2.45) is 16.7 Å². The molecule has 0 aliphatic carbocycles. The number of halogens is 2. The van der Waals surface area contributed by atoms with E-state index in [9.17, 15) is 4.79 Å². The maximum absolute atomic E-state index is 12.8. The summed E-state index contributed by atoms with van der Waals surface area (Å²) in [6.45, 7) is 12.4. The number of nitrogens with two attached hydrogens (primary N) is 1. The number of carbonyl (C=O) groups is 1. The summed E-state index contributed by atoms with van der Waals surface area (Å²) < 4.78 is 0. The Hall–Kier alpha value is -0.730. The second-order valence-corrected chi connectivity index (χ2v) is 9.07. The van der Waals surface area contributed by atoms with Gasteiger partial charge in [0, 0.05) is 11.3 Å². The highest BCUT2D eigenvalue weighted by molar-refractivity contribution is 6.38. The molecule has 1 aromatic rings. The Morgan fingerprint density at radius 1 is 1.09 bits per heavy atom. The fourth-order valence-electron chi connectivity index (χ4n) is 2.65. The number of rotatable bonds is 4. The molecular weight excluding hydrogens is 317 g/mol. The molecule has 0 aliphatic heterocycles. The Bertz CT molecular complexity index is 530. The van der Waals surface area contributed by atoms with Crippen LogP contribution in [0.3, 0.4) is 0 Å². The highest BCUT2D eigenvalue weighted by atomic mass is 35.5. The van der Waals surface area contributed by atoms with Gasteiger partial charge in [0.2, 0.25) is 0 Å². The maximum Gasteiger partial charge on any atom is 0.141 e. The molecule has 1 aromatic carbocycles. The van der Waals surface area contributed by atoms with E-state index in [1.165, 1.54) is 0 Å². The molecule has 0 saturated heterocycles. The summed E-state index contributed by atoms with van der Waals surface area (Å²) >= 11 is 12.2. The van der Waals surface area contributed by atoms with Crippen LogP contribution < -0.4 is 5.73 Å². The predicted octanol–water partition coefficient (Wildman–Crippen LogP) is 5.79. The molecule has 1 rings (SSSR count). The number of nitrogen functional groups attached to an aromatic ring is 1. The number of ketones is 1. The summed E-state index contributed by atoms with van der Waals surface area (Å²) in [5.74, 6) is 0.210. The number of anilines is 1. The van der Waals surface area contributed by atoms with Crippen LogP contribution in [-0.2, 0) is 11.2 Å². The van der Waals surface area contributed by atoms with Crippen LogP contribution in [-0.4, -0.2) is 5.78 Å². The quantitative estimate of drug-likeness (QED) is 0.703. The van der Waals surface area contributed by atoms with Gasteiger partial charge in [0.15, 0.2) is 0 Å². The van der Waals surface area contributed by atoms with Crippen LogP contribution in [0.5, 0.6) is 0 Å². The van der Waals surface area contributed by atoms with Crippen molar-refractivity contribution in [1.29, 1.82) is 0 Å². The van der Waals surface area contributed by atoms with E-state index in [2.05, 4.69) is 20.8 Å². The Morgan fingerprint density at radius 3 is 1.91 bits per heavy atom. The lowest BCUT2D eigenvalue weighted by molar-refractivity contribution is -0.131. The number of carbonyl (C=O) groups excluding carboxylic acids is 1. The van der Waals surface area contributed by atoms with Crippen LogP contribution in [0.2, 0.25) is 10.0 Å². The molecule has 0 heterocycles. The molecule has 0 radical (unpaired) electrons. The van der Waals surface area contributed by atoms with E-state index in [-0.39, 0.29) is 22.5 Å². The summed E-state index contributed by atoms with van der Waals surface area (Å²) in [6.07, 6.45) is 1.45. The van der Waals surface area contributed by atoms with Crippen LogP contribution in [0.1, 0.15) is 53.5 Å². The van der Waals surface area contributed by atoms with Crippen molar-refractivity contribution in [2.45, 2.75) is 54.4 Å². The Balaban J connectivity index is 3.11. The van der Waals surface area contributed by atoms with Crippen LogP contribution in [0, 0.1) is 16.7 Å². The van der Waals surface area contributed by atoms with Gasteiger partial charge in [0.25, 0.3) is 0 Å². The molecule has 0 amide bonds. The summed E-state index contributed by atoms with van der Waals surface area (Å²) in [5.41, 5.74) is 6.84. The number of Topliss-reactive ketones (excluding diaryl/α,β-unsaturated/α-hetero) is 1. The lowest BCUT2D eigenvalue weighted by Crippen LogP contribution is -2.32. The first-order valence-corrected chi connectivity index (χ1v) is 8.34. The molecule has 0 bridgehead atoms. The normalized spacial score (nSPS) is 14.0. The molecule has 1 atom stereocenters. The Morgan fingerprint density at radius 2 is 1.55 bits per heavy atom. The summed E-state index contributed by atoms with van der Waals surface area (Å²) in [4.78, 5) is 12.8. The minimum Gasteiger partial charge on any atom is -0.396 e. The van der Waals surface area contributed by atoms with Crippen molar-refractivity contribution in [3.8, 4) is 0 Å². The number of hydrogen-bond acceptors (Lipinski definition) is 2. The first kappa shape index (κ1) is 19.3. The van der Waals surface area contributed by atoms with E-state index in [1.54, 1.807) is 0 Å². The van der Waals surface area contributed by atoms with Gasteiger partial charge in [-0.15, -0.1) is 0 Å². The van der Waals surface area contributed by atoms with Gasteiger partial charge < -0.3 is 5.73 Å². The minimum atomic E-state index is -0.364. The molecule has 4 heteroatoms. The lowest BCUT2D eigenvalue weighted by atomic mass is 9.73. The van der Waals surface area contributed by atoms with Gasteiger partial charge in [0.1, 0.15) is 5.78 Å². The van der Waals surface area contributed by atoms with Crippen molar-refractivity contribution < 1.29 is 4.79 Å². The third-order valence-electron chi connectivity index (χ3n) is 3.59. The smallest absolute Gasteiger partial charge is 0.141 e. The summed E-state index contributed by atoms with van der Waals surface area (Å²) in [6, 6.07) is 3.63. The van der Waals surface area contributed by atoms with Gasteiger partial charge in [-0.25, -0.2) is 0 Å². The Kier molecular flexibility index (Phi) is 5.97. The molecule has 0 aromatic heterocycles. The molecule has 22 heavy (non-hydrogen) atoms. The van der Waals surface area contributed by atoms with E-state index in [0.717, 1.165) is 12.0 Å². The van der Waals surface area contributed by atoms with Crippen LogP contribution in [0.15, 0.2) is 12.1 Å². The average molecular weight is 344 g/mol. The van der Waals surface area contributed by atoms with E-state index < -0.39 is 0 Å². The largest absolute Gasteiger partial charge is 0.396 e. The van der Waals surface area contributed by atoms with Gasteiger partial charge in [-0.05, 0) is 36.0 Å². The minimum absolute atomic E-state index is 0.0595. The summed E-state index contributed by atoms with van der Waals surface area (Å²) in [5, 5.41) is 0.889. The van der Waals surface area contributed by atoms with Crippen molar-refractivity contribution in [2.75, 3.05) is 5.73 Å². The van der Waals surface area contributed by atoms with E-state index in [4.69, 9.17) is 28.9 Å².